The number of anilines is 2. The van der Waals surface area contributed by atoms with Gasteiger partial charge >= 0.3 is 0 Å². The topological polar surface area (TPSA) is 93.0 Å². The van der Waals surface area contributed by atoms with Crippen molar-refractivity contribution in [1.82, 2.24) is 19.7 Å². The van der Waals surface area contributed by atoms with E-state index in [4.69, 9.17) is 11.6 Å². The Labute approximate surface area is 165 Å². The van der Waals surface area contributed by atoms with Gasteiger partial charge in [0, 0.05) is 13.1 Å². The zero-order valence-electron chi connectivity index (χ0n) is 14.2. The van der Waals surface area contributed by atoms with Crippen LogP contribution in [0.3, 0.4) is 0 Å². The fourth-order valence-electron chi connectivity index (χ4n) is 2.88. The molecule has 0 spiro atoms. The number of aromatic nitrogens is 4. The maximum atomic E-state index is 12.3. The van der Waals surface area contributed by atoms with Gasteiger partial charge in [-0.1, -0.05) is 11.6 Å². The molecule has 4 rings (SSSR count). The van der Waals surface area contributed by atoms with E-state index in [-0.39, 0.29) is 4.21 Å². The monoisotopic (exact) mass is 424 g/mol. The summed E-state index contributed by atoms with van der Waals surface area (Å²) in [5.41, 5.74) is 1.31. The molecule has 1 N–H and O–H groups in total. The Morgan fingerprint density at radius 1 is 1.07 bits per heavy atom. The van der Waals surface area contributed by atoms with Crippen molar-refractivity contribution in [3.8, 4) is 5.95 Å². The quantitative estimate of drug-likeness (QED) is 0.676. The van der Waals surface area contributed by atoms with Gasteiger partial charge in [-0.3, -0.25) is 4.72 Å². The van der Waals surface area contributed by atoms with Gasteiger partial charge in [0.25, 0.3) is 16.0 Å². The summed E-state index contributed by atoms with van der Waals surface area (Å²) in [5, 5.41) is 4.14. The van der Waals surface area contributed by atoms with E-state index in [1.807, 2.05) is 0 Å². The SMILES string of the molecule is O=S(=O)(Nc1cnn(-c2ncc(N3CCCCC3)cn2)c1)c1ccc(Cl)s1. The molecule has 1 aliphatic heterocycles. The third-order valence-electron chi connectivity index (χ3n) is 4.20. The van der Waals surface area contributed by atoms with Crippen molar-refractivity contribution in [3.05, 3.63) is 41.3 Å². The van der Waals surface area contributed by atoms with E-state index in [1.165, 1.54) is 42.4 Å². The van der Waals surface area contributed by atoms with Crippen LogP contribution in [0, 0.1) is 0 Å². The summed E-state index contributed by atoms with van der Waals surface area (Å²) in [4.78, 5) is 11.0. The van der Waals surface area contributed by atoms with E-state index >= 15 is 0 Å². The van der Waals surface area contributed by atoms with Crippen LogP contribution < -0.4 is 9.62 Å². The van der Waals surface area contributed by atoms with Gasteiger partial charge in [0.1, 0.15) is 4.21 Å². The first-order chi connectivity index (χ1) is 13.0. The zero-order valence-corrected chi connectivity index (χ0v) is 16.6. The average Bonchev–Trinajstić information content (AvgIpc) is 3.32. The number of thiophene rings is 1. The molecule has 4 heterocycles. The smallest absolute Gasteiger partial charge is 0.271 e. The molecular weight excluding hydrogens is 408 g/mol. The Morgan fingerprint density at radius 3 is 2.48 bits per heavy atom. The van der Waals surface area contributed by atoms with E-state index in [1.54, 1.807) is 18.5 Å². The molecule has 27 heavy (non-hydrogen) atoms. The van der Waals surface area contributed by atoms with Crippen molar-refractivity contribution in [2.75, 3.05) is 22.7 Å². The maximum absolute atomic E-state index is 12.3. The molecule has 11 heteroatoms. The van der Waals surface area contributed by atoms with Gasteiger partial charge in [0.05, 0.1) is 40.5 Å². The first-order valence-electron chi connectivity index (χ1n) is 8.41. The zero-order chi connectivity index (χ0) is 18.9. The van der Waals surface area contributed by atoms with Crippen molar-refractivity contribution in [3.63, 3.8) is 0 Å². The summed E-state index contributed by atoms with van der Waals surface area (Å²) in [6, 6.07) is 3.00. The van der Waals surface area contributed by atoms with Crippen LogP contribution in [0.1, 0.15) is 19.3 Å². The molecule has 142 valence electrons. The van der Waals surface area contributed by atoms with Crippen LogP contribution in [0.2, 0.25) is 4.34 Å². The fourth-order valence-corrected chi connectivity index (χ4v) is 5.39. The predicted octanol–water partition coefficient (Wildman–Crippen LogP) is 3.17. The second-order valence-corrected chi connectivity index (χ2v) is 9.75. The molecule has 0 unspecified atom stereocenters. The highest BCUT2D eigenvalue weighted by molar-refractivity contribution is 7.94. The number of piperidine rings is 1. The lowest BCUT2D eigenvalue weighted by Crippen LogP contribution is -2.29. The Kier molecular flexibility index (Phi) is 5.02. The highest BCUT2D eigenvalue weighted by Gasteiger charge is 2.18. The van der Waals surface area contributed by atoms with Gasteiger partial charge in [-0.05, 0) is 31.4 Å². The maximum Gasteiger partial charge on any atom is 0.271 e. The minimum absolute atomic E-state index is 0.141. The van der Waals surface area contributed by atoms with E-state index < -0.39 is 10.0 Å². The number of halogens is 1. The molecular formula is C16H17ClN6O2S2. The van der Waals surface area contributed by atoms with Crippen molar-refractivity contribution in [2.24, 2.45) is 0 Å². The minimum Gasteiger partial charge on any atom is -0.369 e. The second-order valence-electron chi connectivity index (χ2n) is 6.13. The van der Waals surface area contributed by atoms with Gasteiger partial charge in [0.15, 0.2) is 0 Å². The van der Waals surface area contributed by atoms with E-state index in [9.17, 15) is 8.42 Å². The molecule has 0 aliphatic carbocycles. The fraction of sp³-hybridized carbons (Fsp3) is 0.312. The van der Waals surface area contributed by atoms with Crippen molar-refractivity contribution >= 4 is 44.3 Å². The highest BCUT2D eigenvalue weighted by atomic mass is 35.5. The largest absolute Gasteiger partial charge is 0.369 e. The molecule has 1 fully saturated rings. The predicted molar refractivity (Wildman–Crippen MR) is 105 cm³/mol. The van der Waals surface area contributed by atoms with Crippen molar-refractivity contribution in [2.45, 2.75) is 23.5 Å². The lowest BCUT2D eigenvalue weighted by Gasteiger charge is -2.28. The van der Waals surface area contributed by atoms with Crippen LogP contribution in [0.4, 0.5) is 11.4 Å². The summed E-state index contributed by atoms with van der Waals surface area (Å²) < 4.78 is 29.2. The lowest BCUT2D eigenvalue weighted by molar-refractivity contribution is 0.576. The van der Waals surface area contributed by atoms with Gasteiger partial charge in [-0.25, -0.2) is 23.1 Å². The number of rotatable bonds is 5. The van der Waals surface area contributed by atoms with Gasteiger partial charge in [-0.2, -0.15) is 5.10 Å². The highest BCUT2D eigenvalue weighted by Crippen LogP contribution is 2.27. The summed E-state index contributed by atoms with van der Waals surface area (Å²) in [7, 11) is -3.70. The first-order valence-corrected chi connectivity index (χ1v) is 11.1. The molecule has 0 saturated carbocycles. The van der Waals surface area contributed by atoms with Crippen LogP contribution in [0.5, 0.6) is 0 Å². The van der Waals surface area contributed by atoms with E-state index in [0.717, 1.165) is 30.1 Å². The molecule has 0 amide bonds. The van der Waals surface area contributed by atoms with Gasteiger partial charge in [0.2, 0.25) is 0 Å². The number of hydrogen-bond acceptors (Lipinski definition) is 7. The Balaban J connectivity index is 1.49. The summed E-state index contributed by atoms with van der Waals surface area (Å²) in [6.07, 6.45) is 10.1. The van der Waals surface area contributed by atoms with Crippen LogP contribution in [0.15, 0.2) is 41.1 Å². The normalized spacial score (nSPS) is 15.1. The minimum atomic E-state index is -3.70. The first kappa shape index (κ1) is 18.2. The third kappa shape index (κ3) is 4.07. The Hall–Kier alpha value is -2.17. The molecule has 1 aliphatic rings. The summed E-state index contributed by atoms with van der Waals surface area (Å²) in [5.74, 6) is 0.375. The molecule has 1 saturated heterocycles. The van der Waals surface area contributed by atoms with E-state index in [2.05, 4.69) is 24.7 Å². The Bertz CT molecular complexity index is 1030. The molecule has 0 radical (unpaired) electrons. The molecule has 0 atom stereocenters. The lowest BCUT2D eigenvalue weighted by atomic mass is 10.1. The average molecular weight is 425 g/mol. The number of nitrogens with one attached hydrogen (secondary N) is 1. The Morgan fingerprint density at radius 2 is 1.81 bits per heavy atom. The molecule has 0 bridgehead atoms. The molecule has 0 aromatic carbocycles. The van der Waals surface area contributed by atoms with Crippen LogP contribution >= 0.6 is 22.9 Å². The van der Waals surface area contributed by atoms with Crippen molar-refractivity contribution < 1.29 is 8.42 Å². The van der Waals surface area contributed by atoms with E-state index in [0.29, 0.717) is 16.0 Å². The van der Waals surface area contributed by atoms with Crippen LogP contribution in [0.25, 0.3) is 5.95 Å². The number of nitrogens with zero attached hydrogens (tertiary/aromatic N) is 5. The number of sulfonamides is 1. The summed E-state index contributed by atoms with van der Waals surface area (Å²) in [6.45, 7) is 2.03. The van der Waals surface area contributed by atoms with Gasteiger partial charge < -0.3 is 4.90 Å². The van der Waals surface area contributed by atoms with Crippen molar-refractivity contribution in [1.29, 1.82) is 0 Å². The van der Waals surface area contributed by atoms with Crippen LogP contribution in [-0.2, 0) is 10.0 Å². The molecule has 8 nitrogen and oxygen atoms in total. The number of hydrogen-bond donors (Lipinski definition) is 1. The van der Waals surface area contributed by atoms with Gasteiger partial charge in [-0.15, -0.1) is 11.3 Å². The van der Waals surface area contributed by atoms with Crippen LogP contribution in [-0.4, -0.2) is 41.3 Å². The third-order valence-corrected chi connectivity index (χ3v) is 7.30. The summed E-state index contributed by atoms with van der Waals surface area (Å²) >= 11 is 6.80. The molecule has 3 aromatic heterocycles. The second kappa shape index (κ2) is 7.45. The molecule has 3 aromatic rings. The standard InChI is InChI=1S/C16H17ClN6O2S2/c17-14-4-5-15(26-14)27(24,25)21-12-8-20-23(11-12)16-18-9-13(10-19-16)22-6-2-1-3-7-22/h4-5,8-11,21H,1-3,6-7H2.